The molecule has 2 amide bonds. The van der Waals surface area contributed by atoms with Gasteiger partial charge in [0.25, 0.3) is 11.8 Å². The van der Waals surface area contributed by atoms with Crippen LogP contribution in [0.15, 0.2) is 53.4 Å². The third-order valence-electron chi connectivity index (χ3n) is 7.38. The molecule has 0 spiro atoms. The summed E-state index contributed by atoms with van der Waals surface area (Å²) >= 11 is 0. The lowest BCUT2D eigenvalue weighted by atomic mass is 9.99. The summed E-state index contributed by atoms with van der Waals surface area (Å²) < 4.78 is 41.2. The number of para-hydroxylation sites is 1. The van der Waals surface area contributed by atoms with Crippen LogP contribution in [0.4, 0.5) is 5.69 Å². The Morgan fingerprint density at radius 2 is 1.95 bits per heavy atom. The van der Waals surface area contributed by atoms with Gasteiger partial charge in [0.1, 0.15) is 17.5 Å². The Balaban J connectivity index is 1.72. The van der Waals surface area contributed by atoms with E-state index in [9.17, 15) is 23.1 Å². The van der Waals surface area contributed by atoms with Gasteiger partial charge in [-0.05, 0) is 56.3 Å². The number of amides is 2. The normalized spacial score (nSPS) is 18.1. The minimum absolute atomic E-state index is 0.0479. The maximum absolute atomic E-state index is 13.7. The molecule has 12 nitrogen and oxygen atoms in total. The lowest BCUT2D eigenvalue weighted by Gasteiger charge is -2.38. The largest absolute Gasteiger partial charge is 0.497 e. The highest BCUT2D eigenvalue weighted by Crippen LogP contribution is 2.35. The average molecular weight is 600 g/mol. The Morgan fingerprint density at radius 1 is 1.26 bits per heavy atom. The van der Waals surface area contributed by atoms with Gasteiger partial charge in [-0.25, -0.2) is 8.42 Å². The number of methoxy groups -OCH3 is 1. The monoisotopic (exact) mass is 599 g/mol. The number of anilines is 1. The molecule has 1 aliphatic heterocycles. The van der Waals surface area contributed by atoms with Gasteiger partial charge in [0.15, 0.2) is 5.75 Å². The second-order valence-corrected chi connectivity index (χ2v) is 12.6. The molecule has 0 aliphatic carbocycles. The number of aryl methyl sites for hydroxylation is 2. The first-order chi connectivity index (χ1) is 19.9. The number of aliphatic hydroxyl groups excluding tert-OH is 1. The van der Waals surface area contributed by atoms with Crippen LogP contribution in [0.3, 0.4) is 0 Å². The van der Waals surface area contributed by atoms with Gasteiger partial charge < -0.3 is 24.8 Å². The summed E-state index contributed by atoms with van der Waals surface area (Å²) in [7, 11) is 0.721. The molecule has 1 aliphatic rings. The fraction of sp³-hybridized carbons (Fsp3) is 0.414. The van der Waals surface area contributed by atoms with E-state index < -0.39 is 28.1 Å². The van der Waals surface area contributed by atoms with Crippen LogP contribution >= 0.6 is 0 Å². The molecule has 0 bridgehead atoms. The van der Waals surface area contributed by atoms with E-state index in [0.717, 1.165) is 0 Å². The highest BCUT2D eigenvalue weighted by molar-refractivity contribution is 7.89. The van der Waals surface area contributed by atoms with E-state index >= 15 is 0 Å². The standard InChI is InChI=1S/C29H37N5O7S/c1-18-15-34(20(3)17-35)29(37)23-8-7-9-24(30-28(36)25-14-19(2)31-33(25)5)27(23)41-26(18)16-32(4)42(38,39)22-12-10-21(40-6)11-13-22/h7-14,18,20,26,35H,15-17H2,1-6H3,(H,30,36)/t18-,20-,26+/m0/s1. The van der Waals surface area contributed by atoms with Crippen molar-refractivity contribution in [3.8, 4) is 11.5 Å². The van der Waals surface area contributed by atoms with Crippen LogP contribution in [0, 0.1) is 12.8 Å². The Hall–Kier alpha value is -3.94. The van der Waals surface area contributed by atoms with Crippen LogP contribution in [0.25, 0.3) is 0 Å². The number of nitrogens with one attached hydrogen (secondary N) is 1. The molecule has 226 valence electrons. The summed E-state index contributed by atoms with van der Waals surface area (Å²) in [5.41, 5.74) is 1.42. The van der Waals surface area contributed by atoms with Crippen molar-refractivity contribution < 1.29 is 32.6 Å². The van der Waals surface area contributed by atoms with Crippen LogP contribution in [0.5, 0.6) is 11.5 Å². The van der Waals surface area contributed by atoms with Crippen molar-refractivity contribution in [1.29, 1.82) is 0 Å². The van der Waals surface area contributed by atoms with Gasteiger partial charge >= 0.3 is 0 Å². The van der Waals surface area contributed by atoms with E-state index in [2.05, 4.69) is 10.4 Å². The van der Waals surface area contributed by atoms with Gasteiger partial charge in [-0.1, -0.05) is 13.0 Å². The van der Waals surface area contributed by atoms with Gasteiger partial charge in [-0.15, -0.1) is 0 Å². The summed E-state index contributed by atoms with van der Waals surface area (Å²) in [5.74, 6) is -0.522. The zero-order chi connectivity index (χ0) is 30.8. The van der Waals surface area contributed by atoms with Crippen LogP contribution in [-0.2, 0) is 17.1 Å². The SMILES string of the molecule is COc1ccc(S(=O)(=O)N(C)C[C@H]2Oc3c(NC(=O)c4cc(C)nn4C)cccc3C(=O)N([C@@H](C)CO)C[C@@H]2C)cc1. The van der Waals surface area contributed by atoms with E-state index in [0.29, 0.717) is 17.1 Å². The first-order valence-corrected chi connectivity index (χ1v) is 14.9. The lowest BCUT2D eigenvalue weighted by Crippen LogP contribution is -2.50. The number of sulfonamides is 1. The van der Waals surface area contributed by atoms with E-state index in [1.807, 2.05) is 6.92 Å². The number of carbonyl (C=O) groups excluding carboxylic acids is 2. The molecule has 2 N–H and O–H groups in total. The number of aliphatic hydroxyl groups is 1. The highest BCUT2D eigenvalue weighted by Gasteiger charge is 2.36. The zero-order valence-electron chi connectivity index (χ0n) is 24.6. The molecular weight excluding hydrogens is 562 g/mol. The summed E-state index contributed by atoms with van der Waals surface area (Å²) in [6.45, 7) is 5.27. The molecule has 1 aromatic heterocycles. The van der Waals surface area contributed by atoms with Crippen molar-refractivity contribution in [1.82, 2.24) is 19.0 Å². The summed E-state index contributed by atoms with van der Waals surface area (Å²) in [4.78, 5) is 28.6. The maximum atomic E-state index is 13.7. The number of hydrogen-bond acceptors (Lipinski definition) is 8. The third-order valence-corrected chi connectivity index (χ3v) is 9.22. The minimum Gasteiger partial charge on any atom is -0.497 e. The predicted octanol–water partition coefficient (Wildman–Crippen LogP) is 2.53. The molecule has 4 rings (SSSR count). The van der Waals surface area contributed by atoms with Crippen molar-refractivity contribution in [2.45, 2.75) is 37.8 Å². The molecule has 3 atom stereocenters. The highest BCUT2D eigenvalue weighted by atomic mass is 32.2. The molecular formula is C29H37N5O7S. The second-order valence-electron chi connectivity index (χ2n) is 10.5. The molecule has 0 unspecified atom stereocenters. The Morgan fingerprint density at radius 3 is 2.55 bits per heavy atom. The Labute approximate surface area is 245 Å². The molecule has 0 saturated heterocycles. The quantitative estimate of drug-likeness (QED) is 0.382. The molecule has 13 heteroatoms. The second kappa shape index (κ2) is 12.5. The predicted molar refractivity (Wildman–Crippen MR) is 156 cm³/mol. The number of benzene rings is 2. The molecule has 42 heavy (non-hydrogen) atoms. The summed E-state index contributed by atoms with van der Waals surface area (Å²) in [5, 5.41) is 17.0. The number of fused-ring (bicyclic) bond motifs is 1. The van der Waals surface area contributed by atoms with Crippen LogP contribution in [0.2, 0.25) is 0 Å². The number of carbonyl (C=O) groups is 2. The van der Waals surface area contributed by atoms with Gasteiger partial charge in [-0.2, -0.15) is 9.40 Å². The third kappa shape index (κ3) is 6.27. The molecule has 2 heterocycles. The fourth-order valence-electron chi connectivity index (χ4n) is 4.85. The van der Waals surface area contributed by atoms with Crippen molar-refractivity contribution in [2.24, 2.45) is 13.0 Å². The molecule has 2 aromatic carbocycles. The maximum Gasteiger partial charge on any atom is 0.274 e. The van der Waals surface area contributed by atoms with Gasteiger partial charge in [0.2, 0.25) is 10.0 Å². The van der Waals surface area contributed by atoms with Gasteiger partial charge in [0.05, 0.1) is 48.1 Å². The topological polar surface area (TPSA) is 143 Å². The van der Waals surface area contributed by atoms with E-state index in [4.69, 9.17) is 9.47 Å². The lowest BCUT2D eigenvalue weighted by molar-refractivity contribution is 0.0388. The van der Waals surface area contributed by atoms with E-state index in [1.165, 1.54) is 35.3 Å². The first-order valence-electron chi connectivity index (χ1n) is 13.5. The van der Waals surface area contributed by atoms with Gasteiger partial charge in [0, 0.05) is 26.6 Å². The minimum atomic E-state index is -3.90. The molecule has 0 fully saturated rings. The van der Waals surface area contributed by atoms with E-state index in [-0.39, 0.29) is 53.4 Å². The number of aromatic nitrogens is 2. The van der Waals surface area contributed by atoms with Crippen molar-refractivity contribution in [2.75, 3.05) is 39.2 Å². The average Bonchev–Trinajstić information content (AvgIpc) is 3.32. The van der Waals surface area contributed by atoms with Crippen molar-refractivity contribution in [3.05, 3.63) is 65.5 Å². The van der Waals surface area contributed by atoms with Crippen LogP contribution < -0.4 is 14.8 Å². The molecule has 3 aromatic rings. The molecule has 0 saturated carbocycles. The van der Waals surface area contributed by atoms with Crippen LogP contribution in [0.1, 0.15) is 40.4 Å². The van der Waals surface area contributed by atoms with Gasteiger partial charge in [-0.3, -0.25) is 14.3 Å². The number of ether oxygens (including phenoxy) is 2. The zero-order valence-corrected chi connectivity index (χ0v) is 25.4. The number of nitrogens with zero attached hydrogens (tertiary/aromatic N) is 4. The van der Waals surface area contributed by atoms with Crippen molar-refractivity contribution >= 4 is 27.5 Å². The number of hydrogen-bond donors (Lipinski definition) is 2. The van der Waals surface area contributed by atoms with Crippen LogP contribution in [-0.4, -0.2) is 90.3 Å². The number of rotatable bonds is 9. The molecule has 0 radical (unpaired) electrons. The smallest absolute Gasteiger partial charge is 0.274 e. The van der Waals surface area contributed by atoms with Crippen molar-refractivity contribution in [3.63, 3.8) is 0 Å². The number of likely N-dealkylation sites (N-methyl/N-ethyl adjacent to an activating group) is 1. The Bertz CT molecular complexity index is 1550. The first kappa shape index (κ1) is 31.0. The fourth-order valence-corrected chi connectivity index (χ4v) is 6.03. The van der Waals surface area contributed by atoms with E-state index in [1.54, 1.807) is 62.2 Å². The Kier molecular flexibility index (Phi) is 9.24. The summed E-state index contributed by atoms with van der Waals surface area (Å²) in [6, 6.07) is 12.1. The summed E-state index contributed by atoms with van der Waals surface area (Å²) in [6.07, 6.45) is -0.722.